The number of thiazole rings is 1. The number of hydrogen-bond acceptors (Lipinski definition) is 3. The fourth-order valence-electron chi connectivity index (χ4n) is 0.953. The summed E-state index contributed by atoms with van der Waals surface area (Å²) >= 11 is 6.75. The third-order valence-corrected chi connectivity index (χ3v) is 2.59. The smallest absolute Gasteiger partial charge is 0.0954 e. The van der Waals surface area contributed by atoms with Crippen LogP contribution in [0.25, 0.3) is 6.08 Å². The van der Waals surface area contributed by atoms with E-state index in [1.807, 2.05) is 5.51 Å². The molecule has 0 saturated carbocycles. The molecule has 1 aliphatic carbocycles. The number of rotatable bonds is 0. The minimum atomic E-state index is 0.881. The predicted molar refractivity (Wildman–Crippen MR) is 47.5 cm³/mol. The zero-order chi connectivity index (χ0) is 6.97. The molecule has 0 aliphatic heterocycles. The van der Waals surface area contributed by atoms with Gasteiger partial charge in [0.25, 0.3) is 0 Å². The molecule has 1 aliphatic rings. The number of aromatic nitrogens is 1. The monoisotopic (exact) mass is 167 g/mol. The first kappa shape index (κ1) is 6.19. The fraction of sp³-hybridized carbons (Fsp3) is 0.143. The van der Waals surface area contributed by atoms with Crippen molar-refractivity contribution >= 4 is 34.5 Å². The highest BCUT2D eigenvalue weighted by molar-refractivity contribution is 7.80. The van der Waals surface area contributed by atoms with Gasteiger partial charge in [-0.1, -0.05) is 18.3 Å². The van der Waals surface area contributed by atoms with Crippen LogP contribution in [0.1, 0.15) is 17.0 Å². The van der Waals surface area contributed by atoms with Gasteiger partial charge >= 0.3 is 0 Å². The van der Waals surface area contributed by atoms with Crippen LogP contribution in [0, 0.1) is 0 Å². The Labute approximate surface area is 68.4 Å². The molecule has 10 heavy (non-hydrogen) atoms. The van der Waals surface area contributed by atoms with E-state index in [2.05, 4.69) is 17.1 Å². The molecular formula is C7H5NS2. The van der Waals surface area contributed by atoms with Gasteiger partial charge in [-0.15, -0.1) is 11.3 Å². The van der Waals surface area contributed by atoms with Gasteiger partial charge in [0.15, 0.2) is 0 Å². The van der Waals surface area contributed by atoms with Gasteiger partial charge in [0.1, 0.15) is 0 Å². The van der Waals surface area contributed by atoms with Crippen molar-refractivity contribution in [2.45, 2.75) is 6.42 Å². The highest BCUT2D eigenvalue weighted by Crippen LogP contribution is 2.21. The van der Waals surface area contributed by atoms with Gasteiger partial charge in [-0.05, 0) is 6.08 Å². The van der Waals surface area contributed by atoms with E-state index in [0.717, 1.165) is 17.0 Å². The van der Waals surface area contributed by atoms with Gasteiger partial charge in [-0.3, -0.25) is 0 Å². The van der Waals surface area contributed by atoms with Gasteiger partial charge in [-0.25, -0.2) is 4.98 Å². The van der Waals surface area contributed by atoms with Crippen molar-refractivity contribution in [2.75, 3.05) is 0 Å². The van der Waals surface area contributed by atoms with Crippen molar-refractivity contribution in [3.05, 3.63) is 22.2 Å². The molecule has 0 unspecified atom stereocenters. The molecule has 0 N–H and O–H groups in total. The fourth-order valence-corrected chi connectivity index (χ4v) is 2.01. The van der Waals surface area contributed by atoms with E-state index >= 15 is 0 Å². The summed E-state index contributed by atoms with van der Waals surface area (Å²) in [5, 5.41) is 0. The maximum absolute atomic E-state index is 5.11. The Morgan fingerprint density at radius 3 is 3.30 bits per heavy atom. The molecule has 0 saturated heterocycles. The Hall–Kier alpha value is -0.540. The average Bonchev–Trinajstić information content (AvgIpc) is 2.36. The Morgan fingerprint density at radius 1 is 1.60 bits per heavy atom. The van der Waals surface area contributed by atoms with E-state index in [4.69, 9.17) is 12.2 Å². The molecule has 1 heterocycles. The lowest BCUT2D eigenvalue weighted by atomic mass is 10.1. The Kier molecular flexibility index (Phi) is 1.39. The van der Waals surface area contributed by atoms with Crippen molar-refractivity contribution in [2.24, 2.45) is 0 Å². The molecule has 1 aromatic heterocycles. The van der Waals surface area contributed by atoms with E-state index in [0.29, 0.717) is 0 Å². The summed E-state index contributed by atoms with van der Waals surface area (Å²) in [5.41, 5.74) is 2.86. The van der Waals surface area contributed by atoms with Gasteiger partial charge in [0.2, 0.25) is 0 Å². The minimum Gasteiger partial charge on any atom is -0.243 e. The van der Waals surface area contributed by atoms with Crippen molar-refractivity contribution in [3.63, 3.8) is 0 Å². The normalized spacial score (nSPS) is 15.4. The molecule has 0 aromatic carbocycles. The number of allylic oxidation sites excluding steroid dienone is 1. The lowest BCUT2D eigenvalue weighted by Gasteiger charge is -2.02. The van der Waals surface area contributed by atoms with Gasteiger partial charge in [0.05, 0.1) is 16.1 Å². The lowest BCUT2D eigenvalue weighted by molar-refractivity contribution is 1.33. The van der Waals surface area contributed by atoms with Gasteiger partial charge in [-0.2, -0.15) is 0 Å². The zero-order valence-electron chi connectivity index (χ0n) is 5.20. The molecule has 0 bridgehead atoms. The first-order valence-electron chi connectivity index (χ1n) is 3.01. The molecule has 0 atom stereocenters. The summed E-state index contributed by atoms with van der Waals surface area (Å²) in [6.45, 7) is 0. The first-order valence-corrected chi connectivity index (χ1v) is 4.30. The predicted octanol–water partition coefficient (Wildman–Crippen LogP) is 2.28. The standard InChI is InChI=1S/C7H5NS2/c9-5-2-1-3-6-7(5)8-4-10-6/h1,3-4H,2H2. The molecule has 1 aromatic rings. The zero-order valence-corrected chi connectivity index (χ0v) is 6.84. The second kappa shape index (κ2) is 2.25. The number of hydrogen-bond donors (Lipinski definition) is 0. The van der Waals surface area contributed by atoms with E-state index in [-0.39, 0.29) is 0 Å². The second-order valence-electron chi connectivity index (χ2n) is 2.09. The van der Waals surface area contributed by atoms with Crippen molar-refractivity contribution in [3.8, 4) is 0 Å². The van der Waals surface area contributed by atoms with Crippen molar-refractivity contribution in [1.82, 2.24) is 4.98 Å². The molecule has 3 heteroatoms. The van der Waals surface area contributed by atoms with Gasteiger partial charge < -0.3 is 0 Å². The summed E-state index contributed by atoms with van der Waals surface area (Å²) < 4.78 is 0. The number of fused-ring (bicyclic) bond motifs is 1. The van der Waals surface area contributed by atoms with Gasteiger partial charge in [0, 0.05) is 11.3 Å². The minimum absolute atomic E-state index is 0.881. The Morgan fingerprint density at radius 2 is 2.50 bits per heavy atom. The average molecular weight is 167 g/mol. The molecule has 0 amide bonds. The van der Waals surface area contributed by atoms with E-state index in [1.54, 1.807) is 11.3 Å². The van der Waals surface area contributed by atoms with Crippen LogP contribution in [-0.4, -0.2) is 9.85 Å². The molecule has 0 spiro atoms. The highest BCUT2D eigenvalue weighted by atomic mass is 32.1. The van der Waals surface area contributed by atoms with Crippen LogP contribution in [-0.2, 0) is 0 Å². The lowest BCUT2D eigenvalue weighted by Crippen LogP contribution is -2.00. The van der Waals surface area contributed by atoms with Crippen LogP contribution in [0.15, 0.2) is 11.6 Å². The largest absolute Gasteiger partial charge is 0.243 e. The maximum atomic E-state index is 5.11. The molecule has 0 radical (unpaired) electrons. The topological polar surface area (TPSA) is 12.9 Å². The number of nitrogens with zero attached hydrogens (tertiary/aromatic N) is 1. The van der Waals surface area contributed by atoms with Crippen LogP contribution in [0.3, 0.4) is 0 Å². The van der Waals surface area contributed by atoms with E-state index in [9.17, 15) is 0 Å². The highest BCUT2D eigenvalue weighted by Gasteiger charge is 2.10. The second-order valence-corrected chi connectivity index (χ2v) is 3.47. The van der Waals surface area contributed by atoms with Crippen LogP contribution in [0.2, 0.25) is 0 Å². The summed E-state index contributed by atoms with van der Waals surface area (Å²) in [6, 6.07) is 0. The van der Waals surface area contributed by atoms with Crippen LogP contribution in [0.5, 0.6) is 0 Å². The first-order chi connectivity index (χ1) is 4.88. The summed E-state index contributed by atoms with van der Waals surface area (Å²) in [6.07, 6.45) is 5.05. The summed E-state index contributed by atoms with van der Waals surface area (Å²) in [4.78, 5) is 6.34. The molecule has 2 rings (SSSR count). The van der Waals surface area contributed by atoms with E-state index in [1.165, 1.54) is 4.88 Å². The SMILES string of the molecule is S=C1CC=Cc2scnc21. The molecule has 0 fully saturated rings. The quantitative estimate of drug-likeness (QED) is 0.550. The van der Waals surface area contributed by atoms with Crippen molar-refractivity contribution < 1.29 is 0 Å². The third kappa shape index (κ3) is 0.822. The molecular weight excluding hydrogens is 162 g/mol. The van der Waals surface area contributed by atoms with E-state index < -0.39 is 0 Å². The van der Waals surface area contributed by atoms with Crippen molar-refractivity contribution in [1.29, 1.82) is 0 Å². The maximum Gasteiger partial charge on any atom is 0.0954 e. The number of thiocarbonyl (C=S) groups is 1. The van der Waals surface area contributed by atoms with Crippen LogP contribution >= 0.6 is 23.6 Å². The summed E-state index contributed by atoms with van der Waals surface area (Å²) in [5.74, 6) is 0. The molecule has 50 valence electrons. The molecule has 1 nitrogen and oxygen atoms in total. The summed E-state index contributed by atoms with van der Waals surface area (Å²) in [7, 11) is 0. The Bertz CT molecular complexity index is 298. The third-order valence-electron chi connectivity index (χ3n) is 1.43. The Balaban J connectivity index is 2.62. The van der Waals surface area contributed by atoms with Crippen LogP contribution < -0.4 is 0 Å². The van der Waals surface area contributed by atoms with Crippen LogP contribution in [0.4, 0.5) is 0 Å².